The fourth-order valence-electron chi connectivity index (χ4n) is 5.30. The molecule has 0 aliphatic heterocycles. The lowest BCUT2D eigenvalue weighted by Crippen LogP contribution is -2.29. The lowest BCUT2D eigenvalue weighted by molar-refractivity contribution is -0.124. The molecule has 1 atom stereocenters. The van der Waals surface area contributed by atoms with E-state index in [-0.39, 0.29) is 0 Å². The van der Waals surface area contributed by atoms with Crippen LogP contribution in [0.25, 0.3) is 17.0 Å². The minimum atomic E-state index is -0.535. The van der Waals surface area contributed by atoms with Gasteiger partial charge in [0.05, 0.1) is 5.02 Å². The molecule has 1 aliphatic carbocycles. The maximum Gasteiger partial charge on any atom is 0.267 e. The van der Waals surface area contributed by atoms with Crippen LogP contribution in [0.4, 0.5) is 0 Å². The summed E-state index contributed by atoms with van der Waals surface area (Å²) in [4.78, 5) is 20.7. The van der Waals surface area contributed by atoms with E-state index in [1.54, 1.807) is 11.6 Å². The van der Waals surface area contributed by atoms with Crippen molar-refractivity contribution in [3.63, 3.8) is 0 Å². The van der Waals surface area contributed by atoms with Gasteiger partial charge >= 0.3 is 0 Å². The molecule has 0 saturated heterocycles. The average molecular weight is 503 g/mol. The molecular formula is C29H31ClN4O2. The zero-order valence-electron chi connectivity index (χ0n) is 20.6. The number of fused-ring (bicyclic) bond motifs is 2. The van der Waals surface area contributed by atoms with Crippen LogP contribution in [0.15, 0.2) is 54.9 Å². The molecule has 2 aromatic carbocycles. The molecule has 4 N–H and O–H groups in total. The van der Waals surface area contributed by atoms with Gasteiger partial charge in [0.25, 0.3) is 5.91 Å². The van der Waals surface area contributed by atoms with Crippen molar-refractivity contribution in [2.24, 2.45) is 0 Å². The Morgan fingerprint density at radius 2 is 2.06 bits per heavy atom. The van der Waals surface area contributed by atoms with Crippen molar-refractivity contribution in [3.05, 3.63) is 99.0 Å². The van der Waals surface area contributed by atoms with Crippen LogP contribution in [0.3, 0.4) is 0 Å². The van der Waals surface area contributed by atoms with E-state index in [4.69, 9.17) is 16.8 Å². The number of H-pyrrole nitrogens is 2. The van der Waals surface area contributed by atoms with E-state index in [1.807, 2.05) is 12.3 Å². The van der Waals surface area contributed by atoms with Crippen molar-refractivity contribution in [2.75, 3.05) is 6.54 Å². The third-order valence-corrected chi connectivity index (χ3v) is 7.72. The number of amides is 1. The minimum absolute atomic E-state index is 0.299. The summed E-state index contributed by atoms with van der Waals surface area (Å²) >= 11 is 6.37. The number of nitrogens with zero attached hydrogens (tertiary/aromatic N) is 1. The first-order valence-corrected chi connectivity index (χ1v) is 12.7. The van der Waals surface area contributed by atoms with E-state index < -0.39 is 5.91 Å². The third-order valence-electron chi connectivity index (χ3n) is 7.33. The van der Waals surface area contributed by atoms with Crippen molar-refractivity contribution in [2.45, 2.75) is 45.7 Å². The summed E-state index contributed by atoms with van der Waals surface area (Å²) in [6.07, 6.45) is 10.0. The zero-order valence-corrected chi connectivity index (χ0v) is 21.3. The fraction of sp³-hybridized carbons (Fsp3) is 0.276. The molecule has 0 fully saturated rings. The van der Waals surface area contributed by atoms with Crippen molar-refractivity contribution in [3.8, 4) is 0 Å². The Morgan fingerprint density at radius 1 is 1.19 bits per heavy atom. The van der Waals surface area contributed by atoms with E-state index in [0.29, 0.717) is 6.04 Å². The first kappa shape index (κ1) is 24.4. The first-order valence-electron chi connectivity index (χ1n) is 12.3. The SMILES string of the molecule is Cc1ccc2c(CCN(Cc3[nH]cc(Cl)c3C)C3CCc4cc(C=CC(=O)NO)ccc43)c[nH]c2c1. The summed E-state index contributed by atoms with van der Waals surface area (Å²) < 4.78 is 0. The van der Waals surface area contributed by atoms with Crippen LogP contribution in [-0.4, -0.2) is 32.5 Å². The fourth-order valence-corrected chi connectivity index (χ4v) is 5.47. The lowest BCUT2D eigenvalue weighted by atomic mass is 10.0. The zero-order chi connectivity index (χ0) is 25.2. The van der Waals surface area contributed by atoms with Gasteiger partial charge in [-0.25, -0.2) is 5.48 Å². The van der Waals surface area contributed by atoms with Crippen molar-refractivity contribution >= 4 is 34.5 Å². The van der Waals surface area contributed by atoms with Gasteiger partial charge in [-0.1, -0.05) is 41.9 Å². The molecule has 6 nitrogen and oxygen atoms in total. The monoisotopic (exact) mass is 502 g/mol. The van der Waals surface area contributed by atoms with Crippen LogP contribution in [-0.2, 0) is 24.2 Å². The Morgan fingerprint density at radius 3 is 2.83 bits per heavy atom. The first-order chi connectivity index (χ1) is 17.4. The van der Waals surface area contributed by atoms with Gasteiger partial charge in [-0.05, 0) is 78.6 Å². The number of halogens is 1. The topological polar surface area (TPSA) is 84.2 Å². The number of carbonyl (C=O) groups excluding carboxylic acids is 1. The van der Waals surface area contributed by atoms with Crippen LogP contribution >= 0.6 is 11.6 Å². The van der Waals surface area contributed by atoms with Crippen LogP contribution in [0.5, 0.6) is 0 Å². The lowest BCUT2D eigenvalue weighted by Gasteiger charge is -2.30. The maximum absolute atomic E-state index is 11.4. The number of hydrogen-bond acceptors (Lipinski definition) is 3. The summed E-state index contributed by atoms with van der Waals surface area (Å²) in [5.74, 6) is -0.535. The van der Waals surface area contributed by atoms with Crippen molar-refractivity contribution < 1.29 is 10.0 Å². The molecule has 0 bridgehead atoms. The standard InChI is InChI=1S/C29H31ClN4O2/c1-18-3-7-23-22(15-31-26(23)13-18)11-12-34(17-27-19(2)25(30)16-32-27)28-9-6-21-14-20(4-8-24(21)28)5-10-29(35)33-36/h3-5,7-8,10,13-16,28,31-32,36H,6,9,11-12,17H2,1-2H3,(H,33,35). The summed E-state index contributed by atoms with van der Waals surface area (Å²) in [6, 6.07) is 13.2. The second-order valence-corrected chi connectivity index (χ2v) is 10.1. The molecular weight excluding hydrogens is 472 g/mol. The molecule has 1 unspecified atom stereocenters. The van der Waals surface area contributed by atoms with Crippen molar-refractivity contribution in [1.82, 2.24) is 20.3 Å². The van der Waals surface area contributed by atoms with Crippen LogP contribution < -0.4 is 5.48 Å². The molecule has 2 heterocycles. The van der Waals surface area contributed by atoms with E-state index in [1.165, 1.54) is 39.2 Å². The number of aryl methyl sites for hydroxylation is 2. The van der Waals surface area contributed by atoms with Gasteiger partial charge in [0.2, 0.25) is 0 Å². The minimum Gasteiger partial charge on any atom is -0.362 e. The van der Waals surface area contributed by atoms with E-state index in [9.17, 15) is 4.79 Å². The molecule has 7 heteroatoms. The molecule has 0 spiro atoms. The smallest absolute Gasteiger partial charge is 0.267 e. The third kappa shape index (κ3) is 4.98. The number of rotatable bonds is 8. The van der Waals surface area contributed by atoms with E-state index in [0.717, 1.165) is 54.2 Å². The maximum atomic E-state index is 11.4. The quantitative estimate of drug-likeness (QED) is 0.135. The van der Waals surface area contributed by atoms with Crippen molar-refractivity contribution in [1.29, 1.82) is 0 Å². The second kappa shape index (κ2) is 10.3. The summed E-state index contributed by atoms with van der Waals surface area (Å²) in [5.41, 5.74) is 11.2. The Hall–Kier alpha value is -3.32. The number of hydroxylamine groups is 1. The summed E-state index contributed by atoms with van der Waals surface area (Å²) in [6.45, 7) is 5.89. The largest absolute Gasteiger partial charge is 0.362 e. The van der Waals surface area contributed by atoms with Crippen LogP contribution in [0, 0.1) is 13.8 Å². The molecule has 5 rings (SSSR count). The van der Waals surface area contributed by atoms with Gasteiger partial charge in [-0.2, -0.15) is 0 Å². The molecule has 36 heavy (non-hydrogen) atoms. The molecule has 0 radical (unpaired) electrons. The molecule has 0 saturated carbocycles. The van der Waals surface area contributed by atoms with Gasteiger partial charge in [-0.3, -0.25) is 14.9 Å². The van der Waals surface area contributed by atoms with E-state index in [2.05, 4.69) is 65.2 Å². The predicted molar refractivity (Wildman–Crippen MR) is 144 cm³/mol. The Bertz CT molecular complexity index is 1430. The molecule has 2 aromatic heterocycles. The predicted octanol–water partition coefficient (Wildman–Crippen LogP) is 6.02. The average Bonchev–Trinajstić information content (AvgIpc) is 3.57. The Balaban J connectivity index is 1.41. The van der Waals surface area contributed by atoms with Gasteiger partial charge in [0.15, 0.2) is 0 Å². The van der Waals surface area contributed by atoms with Gasteiger partial charge in [-0.15, -0.1) is 0 Å². The van der Waals surface area contributed by atoms with Gasteiger partial charge in [0, 0.05) is 54.2 Å². The Kier molecular flexibility index (Phi) is 7.01. The second-order valence-electron chi connectivity index (χ2n) is 9.65. The summed E-state index contributed by atoms with van der Waals surface area (Å²) in [5, 5.41) is 10.8. The normalized spacial score (nSPS) is 15.3. The summed E-state index contributed by atoms with van der Waals surface area (Å²) in [7, 11) is 0. The highest BCUT2D eigenvalue weighted by atomic mass is 35.5. The molecule has 186 valence electrons. The Labute approximate surface area is 215 Å². The number of hydrogen-bond donors (Lipinski definition) is 4. The number of benzene rings is 2. The number of carbonyl (C=O) groups is 1. The number of aromatic nitrogens is 2. The van der Waals surface area contributed by atoms with Gasteiger partial charge in [0.1, 0.15) is 0 Å². The van der Waals surface area contributed by atoms with E-state index >= 15 is 0 Å². The highest BCUT2D eigenvalue weighted by Crippen LogP contribution is 2.38. The molecule has 4 aromatic rings. The number of aromatic amines is 2. The van der Waals surface area contributed by atoms with Gasteiger partial charge < -0.3 is 9.97 Å². The number of nitrogens with one attached hydrogen (secondary N) is 3. The highest BCUT2D eigenvalue weighted by Gasteiger charge is 2.29. The highest BCUT2D eigenvalue weighted by molar-refractivity contribution is 6.31. The molecule has 1 aliphatic rings. The molecule has 1 amide bonds. The van der Waals surface area contributed by atoms with Crippen LogP contribution in [0.2, 0.25) is 5.02 Å². The van der Waals surface area contributed by atoms with Crippen LogP contribution in [0.1, 0.15) is 51.5 Å².